The van der Waals surface area contributed by atoms with Gasteiger partial charge in [-0.15, -0.1) is 4.58 Å². The summed E-state index contributed by atoms with van der Waals surface area (Å²) in [5.74, 6) is 0.0297. The Hall–Kier alpha value is -5.48. The molecule has 1 amide bonds. The number of rotatable bonds is 1. The molecule has 1 aliphatic carbocycles. The van der Waals surface area contributed by atoms with E-state index in [1.807, 2.05) is 16.7 Å². The Morgan fingerprint density at radius 3 is 2.12 bits per heavy atom. The number of carbonyl (C=O) groups excluding carboxylic acids is 1. The van der Waals surface area contributed by atoms with E-state index in [0.29, 0.717) is 0 Å². The molecule has 0 saturated carbocycles. The van der Waals surface area contributed by atoms with E-state index in [2.05, 4.69) is 124 Å². The lowest BCUT2D eigenvalue weighted by Gasteiger charge is -2.28. The number of hydrogen-bond acceptors (Lipinski definition) is 1. The Labute approximate surface area is 235 Å². The maximum Gasteiger partial charge on any atom is 0.428 e. The minimum absolute atomic E-state index is 0.0297. The Morgan fingerprint density at radius 2 is 1.29 bits per heavy atom. The molecule has 2 aromatic heterocycles. The Bertz CT molecular complexity index is 2430. The first kappa shape index (κ1) is 21.4. The second-order valence-corrected chi connectivity index (χ2v) is 11.1. The zero-order valence-corrected chi connectivity index (χ0v) is 22.0. The first-order chi connectivity index (χ1) is 20.3. The van der Waals surface area contributed by atoms with Gasteiger partial charge in [0.05, 0.1) is 22.1 Å². The largest absolute Gasteiger partial charge is 0.428 e. The molecule has 190 valence electrons. The number of nitrogens with zero attached hydrogens (tertiary/aromatic N) is 3. The molecular formula is C37H22N3O+. The second kappa shape index (κ2) is 7.38. The van der Waals surface area contributed by atoms with Crippen LogP contribution in [0.1, 0.15) is 16.4 Å². The zero-order chi connectivity index (χ0) is 26.8. The van der Waals surface area contributed by atoms with Crippen LogP contribution in [0.4, 0.5) is 5.69 Å². The van der Waals surface area contributed by atoms with Gasteiger partial charge in [0, 0.05) is 38.9 Å². The number of fused-ring (bicyclic) bond motifs is 11. The molecule has 0 spiro atoms. The summed E-state index contributed by atoms with van der Waals surface area (Å²) in [6.07, 6.45) is 8.46. The van der Waals surface area contributed by atoms with Crippen LogP contribution in [0.25, 0.3) is 60.4 Å². The van der Waals surface area contributed by atoms with Crippen molar-refractivity contribution in [2.45, 2.75) is 6.04 Å². The highest BCUT2D eigenvalue weighted by Crippen LogP contribution is 2.51. The standard InChI is InChI=1S/C37H22N3O/c41-37-33-25(18-19-26-23-12-4-6-14-29(23)38(34(26)33)22-10-2-1-3-11-22)28-21-20-27-24-13-5-7-15-30(24)39-31-16-8-9-17-32(31)40(37)36(28)35(27)39/h1-21,31H/q+1. The summed E-state index contributed by atoms with van der Waals surface area (Å²) in [5, 5.41) is 4.63. The number of carbonyl (C=O) groups is 1. The molecule has 4 heteroatoms. The first-order valence-corrected chi connectivity index (χ1v) is 14.0. The van der Waals surface area contributed by atoms with Gasteiger partial charge in [-0.25, -0.2) is 4.79 Å². The van der Waals surface area contributed by atoms with E-state index in [4.69, 9.17) is 0 Å². The highest BCUT2D eigenvalue weighted by Gasteiger charge is 2.47. The van der Waals surface area contributed by atoms with Gasteiger partial charge in [0.2, 0.25) is 11.4 Å². The molecule has 10 rings (SSSR count). The van der Waals surface area contributed by atoms with Crippen LogP contribution in [0.5, 0.6) is 0 Å². The van der Waals surface area contributed by atoms with E-state index in [0.717, 1.165) is 61.1 Å². The van der Waals surface area contributed by atoms with Crippen molar-refractivity contribution in [1.82, 2.24) is 9.13 Å². The summed E-state index contributed by atoms with van der Waals surface area (Å²) in [6.45, 7) is 0. The van der Waals surface area contributed by atoms with Gasteiger partial charge in [-0.1, -0.05) is 91.0 Å². The van der Waals surface area contributed by atoms with Crippen LogP contribution in [0.3, 0.4) is 0 Å². The Balaban J connectivity index is 1.43. The minimum Gasteiger partial charge on any atom is -0.318 e. The van der Waals surface area contributed by atoms with Crippen molar-refractivity contribution in [3.8, 4) is 16.8 Å². The van der Waals surface area contributed by atoms with Gasteiger partial charge in [-0.3, -0.25) is 0 Å². The monoisotopic (exact) mass is 524 g/mol. The third-order valence-electron chi connectivity index (χ3n) is 9.14. The molecule has 1 atom stereocenters. The number of aromatic nitrogens is 2. The topological polar surface area (TPSA) is 29.9 Å². The third-order valence-corrected chi connectivity index (χ3v) is 9.14. The Morgan fingerprint density at radius 1 is 0.610 bits per heavy atom. The normalized spacial score (nSPS) is 16.8. The number of hydrogen-bond donors (Lipinski definition) is 0. The van der Waals surface area contributed by atoms with Gasteiger partial charge < -0.3 is 9.13 Å². The SMILES string of the molecule is O=C1c2c(ccc3c4ccccc4n(-c4ccccc4)c23)-c2ccc3c4ccccc4n4c3c2[N+]1=C1C=CC=CC14. The van der Waals surface area contributed by atoms with Crippen molar-refractivity contribution in [2.24, 2.45) is 0 Å². The molecule has 2 aliphatic heterocycles. The molecule has 41 heavy (non-hydrogen) atoms. The van der Waals surface area contributed by atoms with Gasteiger partial charge in [0.25, 0.3) is 0 Å². The van der Waals surface area contributed by atoms with Crippen molar-refractivity contribution in [1.29, 1.82) is 0 Å². The number of amides is 1. The number of para-hydroxylation sites is 3. The van der Waals surface area contributed by atoms with Crippen molar-refractivity contribution in [3.05, 3.63) is 133 Å². The van der Waals surface area contributed by atoms with Crippen molar-refractivity contribution in [2.75, 3.05) is 0 Å². The van der Waals surface area contributed by atoms with Gasteiger partial charge in [0.1, 0.15) is 17.1 Å². The summed E-state index contributed by atoms with van der Waals surface area (Å²) in [6, 6.07) is 36.2. The quantitative estimate of drug-likeness (QED) is 0.198. The van der Waals surface area contributed by atoms with Crippen LogP contribution in [0, 0.1) is 0 Å². The first-order valence-electron chi connectivity index (χ1n) is 14.0. The maximum atomic E-state index is 15.1. The van der Waals surface area contributed by atoms with Gasteiger partial charge in [-0.05, 0) is 30.3 Å². The molecule has 4 nitrogen and oxygen atoms in total. The number of allylic oxidation sites excluding steroid dienone is 4. The average molecular weight is 525 g/mol. The van der Waals surface area contributed by atoms with Gasteiger partial charge in [0.15, 0.2) is 0 Å². The summed E-state index contributed by atoms with van der Waals surface area (Å²) >= 11 is 0. The van der Waals surface area contributed by atoms with Crippen LogP contribution in [0.15, 0.2) is 127 Å². The molecule has 0 bridgehead atoms. The minimum atomic E-state index is -0.0603. The van der Waals surface area contributed by atoms with E-state index in [1.54, 1.807) is 0 Å². The lowest BCUT2D eigenvalue weighted by molar-refractivity contribution is -0.337. The molecule has 5 aromatic carbocycles. The fraction of sp³-hybridized carbons (Fsp3) is 0.0270. The molecule has 0 radical (unpaired) electrons. The van der Waals surface area contributed by atoms with Crippen LogP contribution in [-0.2, 0) is 0 Å². The van der Waals surface area contributed by atoms with Gasteiger partial charge in [-0.2, -0.15) is 0 Å². The van der Waals surface area contributed by atoms with E-state index in [9.17, 15) is 0 Å². The summed E-state index contributed by atoms with van der Waals surface area (Å²) in [7, 11) is 0. The molecule has 7 aromatic rings. The van der Waals surface area contributed by atoms with E-state index in [1.165, 1.54) is 16.3 Å². The Kier molecular flexibility index (Phi) is 3.84. The molecule has 0 saturated heterocycles. The molecule has 3 aliphatic rings. The van der Waals surface area contributed by atoms with E-state index in [-0.39, 0.29) is 11.9 Å². The molecule has 0 N–H and O–H groups in total. The van der Waals surface area contributed by atoms with Crippen LogP contribution in [-0.4, -0.2) is 25.3 Å². The lowest BCUT2D eigenvalue weighted by Crippen LogP contribution is -2.36. The van der Waals surface area contributed by atoms with Crippen LogP contribution < -0.4 is 0 Å². The smallest absolute Gasteiger partial charge is 0.318 e. The molecular weight excluding hydrogens is 502 g/mol. The second-order valence-electron chi connectivity index (χ2n) is 11.1. The maximum absolute atomic E-state index is 15.1. The fourth-order valence-corrected chi connectivity index (χ4v) is 7.55. The predicted molar refractivity (Wildman–Crippen MR) is 166 cm³/mol. The van der Waals surface area contributed by atoms with Crippen molar-refractivity contribution < 1.29 is 9.37 Å². The summed E-state index contributed by atoms with van der Waals surface area (Å²) in [5.41, 5.74) is 10.2. The van der Waals surface area contributed by atoms with Gasteiger partial charge >= 0.3 is 5.91 Å². The highest BCUT2D eigenvalue weighted by atomic mass is 16.2. The summed E-state index contributed by atoms with van der Waals surface area (Å²) < 4.78 is 6.70. The van der Waals surface area contributed by atoms with E-state index >= 15 is 4.79 Å². The third kappa shape index (κ3) is 2.47. The molecule has 1 unspecified atom stereocenters. The number of benzene rings is 5. The highest BCUT2D eigenvalue weighted by molar-refractivity contribution is 6.25. The molecule has 0 fully saturated rings. The predicted octanol–water partition coefficient (Wildman–Crippen LogP) is 8.48. The summed E-state index contributed by atoms with van der Waals surface area (Å²) in [4.78, 5) is 15.1. The van der Waals surface area contributed by atoms with Crippen LogP contribution in [0.2, 0.25) is 0 Å². The van der Waals surface area contributed by atoms with E-state index < -0.39 is 0 Å². The average Bonchev–Trinajstić information content (AvgIpc) is 3.55. The van der Waals surface area contributed by atoms with Crippen molar-refractivity contribution >= 4 is 60.9 Å². The molecule has 4 heterocycles. The van der Waals surface area contributed by atoms with Crippen molar-refractivity contribution in [3.63, 3.8) is 0 Å². The lowest BCUT2D eigenvalue weighted by atomic mass is 9.88. The van der Waals surface area contributed by atoms with Crippen LogP contribution >= 0.6 is 0 Å². The fourth-order valence-electron chi connectivity index (χ4n) is 7.55. The zero-order valence-electron chi connectivity index (χ0n) is 22.0.